The fourth-order valence-electron chi connectivity index (χ4n) is 3.94. The normalized spacial score (nSPS) is 18.3. The van der Waals surface area contributed by atoms with Crippen LogP contribution in [0.5, 0.6) is 0 Å². The number of nitriles is 1. The van der Waals surface area contributed by atoms with Crippen LogP contribution in [0.3, 0.4) is 0 Å². The molecule has 0 amide bonds. The largest absolute Gasteiger partial charge is 0.382 e. The lowest BCUT2D eigenvalue weighted by Crippen LogP contribution is -2.51. The van der Waals surface area contributed by atoms with Gasteiger partial charge >= 0.3 is 0 Å². The number of nitrogen functional groups attached to an aromatic ring is 1. The zero-order valence-corrected chi connectivity index (χ0v) is 17.6. The van der Waals surface area contributed by atoms with Crippen LogP contribution in [0.4, 0.5) is 11.6 Å². The molecule has 2 aliphatic heterocycles. The topological polar surface area (TPSA) is 139 Å². The van der Waals surface area contributed by atoms with Crippen LogP contribution in [0.2, 0.25) is 5.02 Å². The molecule has 1 atom stereocenters. The van der Waals surface area contributed by atoms with Crippen LogP contribution in [0.15, 0.2) is 34.4 Å². The van der Waals surface area contributed by atoms with Crippen molar-refractivity contribution in [3.8, 4) is 6.07 Å². The van der Waals surface area contributed by atoms with Crippen LogP contribution < -0.4 is 21.3 Å². The maximum Gasteiger partial charge on any atom is 0.281 e. The average Bonchev–Trinajstić information content (AvgIpc) is 3.29. The van der Waals surface area contributed by atoms with Gasteiger partial charge in [-0.15, -0.1) is 0 Å². The van der Waals surface area contributed by atoms with Gasteiger partial charge in [-0.2, -0.15) is 10.4 Å². The molecule has 3 aromatic rings. The van der Waals surface area contributed by atoms with Crippen LogP contribution >= 0.6 is 11.6 Å². The van der Waals surface area contributed by atoms with Crippen molar-refractivity contribution in [3.63, 3.8) is 0 Å². The number of hydrazone groups is 1. The molecule has 0 bridgehead atoms. The van der Waals surface area contributed by atoms with Gasteiger partial charge in [-0.1, -0.05) is 17.7 Å². The molecule has 5 rings (SSSR count). The van der Waals surface area contributed by atoms with E-state index in [0.717, 1.165) is 0 Å². The Balaban J connectivity index is 1.72. The smallest absolute Gasteiger partial charge is 0.281 e. The van der Waals surface area contributed by atoms with Crippen molar-refractivity contribution in [2.45, 2.75) is 12.5 Å². The Hall–Kier alpha value is -3.75. The number of anilines is 2. The molecule has 32 heavy (non-hydrogen) atoms. The van der Waals surface area contributed by atoms with Crippen LogP contribution in [0, 0.1) is 11.3 Å². The third-order valence-electron chi connectivity index (χ3n) is 5.43. The fourth-order valence-corrected chi connectivity index (χ4v) is 4.19. The Kier molecular flexibility index (Phi) is 5.08. The highest BCUT2D eigenvalue weighted by atomic mass is 35.5. The van der Waals surface area contributed by atoms with Crippen LogP contribution in [-0.4, -0.2) is 52.1 Å². The Morgan fingerprint density at radius 2 is 2.06 bits per heavy atom. The second-order valence-corrected chi connectivity index (χ2v) is 7.66. The van der Waals surface area contributed by atoms with Gasteiger partial charge in [0.2, 0.25) is 0 Å². The molecule has 0 radical (unpaired) electrons. The minimum absolute atomic E-state index is 0.0576. The molecular weight excluding hydrogens is 434 g/mol. The molecule has 0 unspecified atom stereocenters. The first-order valence-electron chi connectivity index (χ1n) is 9.96. The van der Waals surface area contributed by atoms with Crippen LogP contribution in [0.1, 0.15) is 23.9 Å². The molecular formula is C20H18ClN9O2. The second kappa shape index (κ2) is 8.07. The van der Waals surface area contributed by atoms with E-state index in [4.69, 9.17) is 27.1 Å². The highest BCUT2D eigenvalue weighted by molar-refractivity contribution is 6.35. The molecule has 11 nitrogen and oxygen atoms in total. The monoisotopic (exact) mass is 451 g/mol. The van der Waals surface area contributed by atoms with E-state index in [1.54, 1.807) is 34.1 Å². The van der Waals surface area contributed by atoms with Gasteiger partial charge in [0.25, 0.3) is 5.56 Å². The minimum Gasteiger partial charge on any atom is -0.382 e. The van der Waals surface area contributed by atoms with Crippen molar-refractivity contribution in [2.75, 3.05) is 42.1 Å². The van der Waals surface area contributed by atoms with E-state index in [1.807, 2.05) is 11.1 Å². The van der Waals surface area contributed by atoms with E-state index in [2.05, 4.69) is 15.1 Å². The van der Waals surface area contributed by atoms with E-state index in [9.17, 15) is 10.1 Å². The van der Waals surface area contributed by atoms with Gasteiger partial charge in [-0.25, -0.2) is 24.6 Å². The van der Waals surface area contributed by atoms with E-state index in [0.29, 0.717) is 54.5 Å². The zero-order chi connectivity index (χ0) is 22.2. The molecule has 2 aromatic heterocycles. The summed E-state index contributed by atoms with van der Waals surface area (Å²) in [4.78, 5) is 26.6. The first-order chi connectivity index (χ1) is 15.6. The number of hydrogen-bond donors (Lipinski definition) is 1. The average molecular weight is 452 g/mol. The van der Waals surface area contributed by atoms with Crippen molar-refractivity contribution in [2.24, 2.45) is 5.10 Å². The van der Waals surface area contributed by atoms with E-state index >= 15 is 0 Å². The predicted octanol–water partition coefficient (Wildman–Crippen LogP) is 1.20. The number of nitrogens with two attached hydrogens (primary N) is 1. The lowest BCUT2D eigenvalue weighted by Gasteiger charge is -2.34. The number of rotatable bonds is 3. The SMILES string of the molecule is N#Cc1c(N)ncnc1N1N=CC[C@@H]1c1nc2cccc(Cl)c2c(=O)n1N1CCOCC1. The van der Waals surface area contributed by atoms with Crippen molar-refractivity contribution < 1.29 is 4.74 Å². The van der Waals surface area contributed by atoms with Gasteiger partial charge in [0, 0.05) is 12.6 Å². The summed E-state index contributed by atoms with van der Waals surface area (Å²) in [5.41, 5.74) is 6.21. The van der Waals surface area contributed by atoms with Gasteiger partial charge in [0.05, 0.1) is 42.2 Å². The zero-order valence-electron chi connectivity index (χ0n) is 16.8. The van der Waals surface area contributed by atoms with Gasteiger partial charge in [0.15, 0.2) is 11.6 Å². The lowest BCUT2D eigenvalue weighted by atomic mass is 10.1. The number of fused-ring (bicyclic) bond motifs is 1. The Morgan fingerprint density at radius 3 is 2.84 bits per heavy atom. The molecule has 4 heterocycles. The van der Waals surface area contributed by atoms with Crippen molar-refractivity contribution in [3.05, 3.63) is 51.3 Å². The van der Waals surface area contributed by atoms with Crippen LogP contribution in [0.25, 0.3) is 10.9 Å². The number of hydrogen-bond acceptors (Lipinski definition) is 10. The first kappa shape index (κ1) is 20.2. The molecule has 2 N–H and O–H groups in total. The van der Waals surface area contributed by atoms with Gasteiger partial charge in [-0.3, -0.25) is 4.79 Å². The third-order valence-corrected chi connectivity index (χ3v) is 5.75. The molecule has 1 aromatic carbocycles. The molecule has 12 heteroatoms. The molecule has 1 saturated heterocycles. The Labute approximate surface area is 187 Å². The summed E-state index contributed by atoms with van der Waals surface area (Å²) in [5, 5.41) is 18.1. The quantitative estimate of drug-likeness (QED) is 0.622. The highest BCUT2D eigenvalue weighted by Crippen LogP contribution is 2.34. The molecule has 0 aliphatic carbocycles. The summed E-state index contributed by atoms with van der Waals surface area (Å²) in [6.07, 6.45) is 3.43. The van der Waals surface area contributed by atoms with Crippen LogP contribution in [-0.2, 0) is 4.74 Å². The highest BCUT2D eigenvalue weighted by Gasteiger charge is 2.34. The van der Waals surface area contributed by atoms with E-state index < -0.39 is 6.04 Å². The van der Waals surface area contributed by atoms with Crippen molar-refractivity contribution in [1.29, 1.82) is 5.26 Å². The van der Waals surface area contributed by atoms with Gasteiger partial charge in [0.1, 0.15) is 29.8 Å². The minimum atomic E-state index is -0.490. The maximum atomic E-state index is 13.6. The summed E-state index contributed by atoms with van der Waals surface area (Å²) in [6, 6.07) is 6.72. The van der Waals surface area contributed by atoms with E-state index in [-0.39, 0.29) is 22.8 Å². The summed E-state index contributed by atoms with van der Waals surface area (Å²) >= 11 is 6.37. The lowest BCUT2D eigenvalue weighted by molar-refractivity contribution is 0.110. The Bertz CT molecular complexity index is 1330. The summed E-state index contributed by atoms with van der Waals surface area (Å²) in [5.74, 6) is 0.778. The van der Waals surface area contributed by atoms with Gasteiger partial charge in [-0.05, 0) is 12.1 Å². The van der Waals surface area contributed by atoms with E-state index in [1.165, 1.54) is 6.33 Å². The number of halogens is 1. The van der Waals surface area contributed by atoms with Crippen molar-refractivity contribution in [1.82, 2.24) is 19.6 Å². The second-order valence-electron chi connectivity index (χ2n) is 7.25. The number of ether oxygens (including phenoxy) is 1. The number of aromatic nitrogens is 4. The molecule has 2 aliphatic rings. The summed E-state index contributed by atoms with van der Waals surface area (Å²) in [7, 11) is 0. The van der Waals surface area contributed by atoms with Crippen molar-refractivity contribution >= 4 is 40.4 Å². The predicted molar refractivity (Wildman–Crippen MR) is 119 cm³/mol. The Morgan fingerprint density at radius 1 is 1.25 bits per heavy atom. The molecule has 162 valence electrons. The summed E-state index contributed by atoms with van der Waals surface area (Å²) < 4.78 is 7.02. The maximum absolute atomic E-state index is 13.6. The van der Waals surface area contributed by atoms with Gasteiger partial charge < -0.3 is 15.5 Å². The summed E-state index contributed by atoms with van der Waals surface area (Å²) in [6.45, 7) is 2.00. The molecule has 0 saturated carbocycles. The standard InChI is InChI=1S/C20H18ClN9O2/c21-13-2-1-3-14-16(13)20(31)30(28-6-8-32-9-7-28)19(27-14)15-4-5-26-29(15)18-12(10-22)17(23)24-11-25-18/h1-3,5,11,15H,4,6-9H2,(H2,23,24,25)/t15-/m1/s1. The fraction of sp³-hybridized carbons (Fsp3) is 0.300. The number of morpholine rings is 1. The molecule has 1 fully saturated rings. The molecule has 0 spiro atoms. The third kappa shape index (κ3) is 3.21. The first-order valence-corrected chi connectivity index (χ1v) is 10.3. The number of benzene rings is 1. The number of nitrogens with zero attached hydrogens (tertiary/aromatic N) is 8.